The first-order valence-electron chi connectivity index (χ1n) is 10.1. The van der Waals surface area contributed by atoms with Gasteiger partial charge in [0.05, 0.1) is 0 Å². The lowest BCUT2D eigenvalue weighted by Crippen LogP contribution is -2.42. The van der Waals surface area contributed by atoms with Crippen LogP contribution in [0.3, 0.4) is 0 Å². The zero-order valence-electron chi connectivity index (χ0n) is 17.0. The zero-order valence-corrected chi connectivity index (χ0v) is 17.0. The number of carbonyl (C=O) groups is 2. The number of phenols is 1. The molecule has 3 aromatic carbocycles. The van der Waals surface area contributed by atoms with Gasteiger partial charge >= 0.3 is 12.1 Å². The third-order valence-electron chi connectivity index (χ3n) is 5.68. The highest BCUT2D eigenvalue weighted by Crippen LogP contribution is 2.44. The number of rotatable bonds is 6. The lowest BCUT2D eigenvalue weighted by molar-refractivity contribution is -0.139. The second-order valence-corrected chi connectivity index (χ2v) is 7.65. The minimum absolute atomic E-state index is 0.0306. The van der Waals surface area contributed by atoms with Crippen LogP contribution in [-0.4, -0.2) is 34.9 Å². The molecule has 0 radical (unpaired) electrons. The van der Waals surface area contributed by atoms with E-state index in [0.29, 0.717) is 11.1 Å². The molecule has 1 aliphatic rings. The Morgan fingerprint density at radius 1 is 0.968 bits per heavy atom. The molecule has 1 unspecified atom stereocenters. The van der Waals surface area contributed by atoms with Gasteiger partial charge in [0.25, 0.3) is 0 Å². The highest BCUT2D eigenvalue weighted by Gasteiger charge is 2.30. The molecule has 0 spiro atoms. The molecule has 6 heteroatoms. The van der Waals surface area contributed by atoms with Crippen LogP contribution in [0.15, 0.2) is 66.7 Å². The average molecular weight is 417 g/mol. The maximum Gasteiger partial charge on any atom is 0.407 e. The molecule has 0 aromatic heterocycles. The van der Waals surface area contributed by atoms with Gasteiger partial charge in [-0.2, -0.15) is 0 Å². The lowest BCUT2D eigenvalue weighted by atomic mass is 9.98. The molecule has 6 nitrogen and oxygen atoms in total. The lowest BCUT2D eigenvalue weighted by Gasteiger charge is -2.18. The number of aryl methyl sites for hydroxylation is 1. The van der Waals surface area contributed by atoms with Gasteiger partial charge in [-0.05, 0) is 40.3 Å². The molecule has 1 aliphatic carbocycles. The smallest absolute Gasteiger partial charge is 0.407 e. The molecule has 0 bridgehead atoms. The number of aromatic hydroxyl groups is 1. The number of carboxylic acid groups (broad SMARTS) is 1. The third-order valence-corrected chi connectivity index (χ3v) is 5.68. The molecule has 0 heterocycles. The number of alkyl carbamates (subject to hydrolysis) is 1. The van der Waals surface area contributed by atoms with Crippen LogP contribution in [0.4, 0.5) is 4.79 Å². The van der Waals surface area contributed by atoms with Crippen LogP contribution in [0.5, 0.6) is 5.75 Å². The monoisotopic (exact) mass is 417 g/mol. The van der Waals surface area contributed by atoms with Gasteiger partial charge in [-0.15, -0.1) is 0 Å². The molecule has 31 heavy (non-hydrogen) atoms. The number of para-hydroxylation sites is 1. The normalized spacial score (nSPS) is 13.2. The highest BCUT2D eigenvalue weighted by atomic mass is 16.5. The quantitative estimate of drug-likeness (QED) is 0.558. The Bertz CT molecular complexity index is 1090. The Balaban J connectivity index is 1.45. The SMILES string of the molecule is Cc1cccc(CC(NC(=O)OCC2c3ccccc3-c3ccccc32)C(=O)O)c1O. The summed E-state index contributed by atoms with van der Waals surface area (Å²) >= 11 is 0. The van der Waals surface area contributed by atoms with Crippen molar-refractivity contribution in [2.75, 3.05) is 6.61 Å². The second kappa shape index (κ2) is 8.52. The Morgan fingerprint density at radius 2 is 1.58 bits per heavy atom. The first-order chi connectivity index (χ1) is 15.0. The first kappa shape index (κ1) is 20.5. The number of carbonyl (C=O) groups excluding carboxylic acids is 1. The van der Waals surface area contributed by atoms with Crippen molar-refractivity contribution in [1.82, 2.24) is 5.32 Å². The molecule has 0 saturated carbocycles. The molecule has 0 aliphatic heterocycles. The Hall–Kier alpha value is -3.80. The summed E-state index contributed by atoms with van der Waals surface area (Å²) in [6, 6.07) is 19.9. The molecule has 3 N–H and O–H groups in total. The van der Waals surface area contributed by atoms with E-state index in [0.717, 1.165) is 22.3 Å². The van der Waals surface area contributed by atoms with Crippen molar-refractivity contribution < 1.29 is 24.5 Å². The Morgan fingerprint density at radius 3 is 2.19 bits per heavy atom. The Labute approximate surface area is 180 Å². The van der Waals surface area contributed by atoms with E-state index in [4.69, 9.17) is 4.74 Å². The van der Waals surface area contributed by atoms with Crippen molar-refractivity contribution in [2.24, 2.45) is 0 Å². The van der Waals surface area contributed by atoms with Crippen molar-refractivity contribution in [3.8, 4) is 16.9 Å². The van der Waals surface area contributed by atoms with Gasteiger partial charge in [-0.25, -0.2) is 9.59 Å². The highest BCUT2D eigenvalue weighted by molar-refractivity contribution is 5.81. The van der Waals surface area contributed by atoms with Crippen LogP contribution in [0, 0.1) is 6.92 Å². The van der Waals surface area contributed by atoms with E-state index >= 15 is 0 Å². The van der Waals surface area contributed by atoms with Gasteiger partial charge in [0.15, 0.2) is 0 Å². The van der Waals surface area contributed by atoms with Crippen molar-refractivity contribution in [2.45, 2.75) is 25.3 Å². The van der Waals surface area contributed by atoms with E-state index in [9.17, 15) is 19.8 Å². The largest absolute Gasteiger partial charge is 0.507 e. The summed E-state index contributed by atoms with van der Waals surface area (Å²) in [6.07, 6.45) is -0.853. The molecule has 3 aromatic rings. The van der Waals surface area contributed by atoms with Crippen LogP contribution in [0.2, 0.25) is 0 Å². The van der Waals surface area contributed by atoms with Gasteiger partial charge in [0.2, 0.25) is 0 Å². The molecule has 1 atom stereocenters. The summed E-state index contributed by atoms with van der Waals surface area (Å²) in [5, 5.41) is 22.1. The summed E-state index contributed by atoms with van der Waals surface area (Å²) in [5.41, 5.74) is 5.48. The summed E-state index contributed by atoms with van der Waals surface area (Å²) in [5.74, 6) is -1.28. The van der Waals surface area contributed by atoms with Gasteiger partial charge in [0, 0.05) is 12.3 Å². The number of aliphatic carboxylic acids is 1. The third kappa shape index (κ3) is 4.10. The van der Waals surface area contributed by atoms with Crippen LogP contribution >= 0.6 is 0 Å². The van der Waals surface area contributed by atoms with E-state index in [1.165, 1.54) is 0 Å². The van der Waals surface area contributed by atoms with Gasteiger partial charge in [-0.1, -0.05) is 66.7 Å². The summed E-state index contributed by atoms with van der Waals surface area (Å²) in [7, 11) is 0. The van der Waals surface area contributed by atoms with Crippen LogP contribution in [0.1, 0.15) is 28.2 Å². The van der Waals surface area contributed by atoms with E-state index in [2.05, 4.69) is 5.32 Å². The van der Waals surface area contributed by atoms with Gasteiger partial charge in [0.1, 0.15) is 18.4 Å². The number of hydrogen-bond donors (Lipinski definition) is 3. The maximum absolute atomic E-state index is 12.4. The fraction of sp³-hybridized carbons (Fsp3) is 0.200. The van der Waals surface area contributed by atoms with Crippen LogP contribution < -0.4 is 5.32 Å². The number of fused-ring (bicyclic) bond motifs is 3. The van der Waals surface area contributed by atoms with E-state index in [-0.39, 0.29) is 24.7 Å². The zero-order chi connectivity index (χ0) is 22.0. The van der Waals surface area contributed by atoms with E-state index in [1.54, 1.807) is 25.1 Å². The number of hydrogen-bond acceptors (Lipinski definition) is 4. The number of benzene rings is 3. The van der Waals surface area contributed by atoms with Crippen molar-refractivity contribution in [1.29, 1.82) is 0 Å². The topological polar surface area (TPSA) is 95.9 Å². The van der Waals surface area contributed by atoms with Crippen LogP contribution in [0.25, 0.3) is 11.1 Å². The first-order valence-corrected chi connectivity index (χ1v) is 10.1. The van der Waals surface area contributed by atoms with Crippen LogP contribution in [-0.2, 0) is 16.0 Å². The number of nitrogens with one attached hydrogen (secondary N) is 1. The maximum atomic E-state index is 12.4. The molecule has 158 valence electrons. The molecular formula is C25H23NO5. The fourth-order valence-corrected chi connectivity index (χ4v) is 4.09. The van der Waals surface area contributed by atoms with Gasteiger partial charge in [-0.3, -0.25) is 0 Å². The predicted octanol–water partition coefficient (Wildman–Crippen LogP) is 4.24. The summed E-state index contributed by atoms with van der Waals surface area (Å²) < 4.78 is 5.44. The van der Waals surface area contributed by atoms with E-state index in [1.807, 2.05) is 48.5 Å². The predicted molar refractivity (Wildman–Crippen MR) is 116 cm³/mol. The summed E-state index contributed by atoms with van der Waals surface area (Å²) in [6.45, 7) is 1.83. The second-order valence-electron chi connectivity index (χ2n) is 7.65. The van der Waals surface area contributed by atoms with Crippen molar-refractivity contribution in [3.63, 3.8) is 0 Å². The minimum Gasteiger partial charge on any atom is -0.507 e. The minimum atomic E-state index is -1.22. The van der Waals surface area contributed by atoms with Gasteiger partial charge < -0.3 is 20.3 Å². The molecular weight excluding hydrogens is 394 g/mol. The van der Waals surface area contributed by atoms with E-state index < -0.39 is 18.1 Å². The molecule has 0 fully saturated rings. The average Bonchev–Trinajstić information content (AvgIpc) is 3.08. The molecule has 4 rings (SSSR count). The van der Waals surface area contributed by atoms with Crippen molar-refractivity contribution in [3.05, 3.63) is 89.0 Å². The Kier molecular flexibility index (Phi) is 5.62. The standard InChI is InChI=1S/C25H23NO5/c1-15-7-6-8-16(23(15)27)13-22(24(28)29)26-25(30)31-14-21-19-11-4-2-9-17(19)18-10-3-5-12-20(18)21/h2-12,21-22,27H,13-14H2,1H3,(H,26,30)(H,28,29). The number of ether oxygens (including phenoxy) is 1. The number of carboxylic acids is 1. The summed E-state index contributed by atoms with van der Waals surface area (Å²) in [4.78, 5) is 24.1. The number of amides is 1. The molecule has 1 amide bonds. The number of phenolic OH excluding ortho intramolecular Hbond substituents is 1. The fourth-order valence-electron chi connectivity index (χ4n) is 4.09. The van der Waals surface area contributed by atoms with Crippen molar-refractivity contribution >= 4 is 12.1 Å². The molecule has 0 saturated heterocycles.